The first-order valence-corrected chi connectivity index (χ1v) is 8.48. The highest BCUT2D eigenvalue weighted by atomic mass is 16.3. The van der Waals surface area contributed by atoms with Gasteiger partial charge in [0.1, 0.15) is 5.75 Å². The van der Waals surface area contributed by atoms with Crippen molar-refractivity contribution in [2.45, 2.75) is 13.3 Å². The molecule has 0 saturated heterocycles. The molecule has 26 heavy (non-hydrogen) atoms. The first-order chi connectivity index (χ1) is 12.7. The van der Waals surface area contributed by atoms with E-state index >= 15 is 0 Å². The predicted molar refractivity (Wildman–Crippen MR) is 102 cm³/mol. The molecule has 130 valence electrons. The van der Waals surface area contributed by atoms with E-state index in [1.165, 1.54) is 5.56 Å². The average molecular weight is 345 g/mol. The van der Waals surface area contributed by atoms with E-state index in [0.717, 1.165) is 34.3 Å². The molecule has 0 atom stereocenters. The number of aromatic nitrogens is 4. The first-order valence-electron chi connectivity index (χ1n) is 8.48. The summed E-state index contributed by atoms with van der Waals surface area (Å²) in [6.07, 6.45) is 6.07. The van der Waals surface area contributed by atoms with E-state index in [2.05, 4.69) is 25.3 Å². The summed E-state index contributed by atoms with van der Waals surface area (Å²) < 4.78 is 0. The van der Waals surface area contributed by atoms with Gasteiger partial charge in [-0.2, -0.15) is 0 Å². The maximum absolute atomic E-state index is 9.75. The molecule has 1 aromatic carbocycles. The van der Waals surface area contributed by atoms with E-state index in [0.29, 0.717) is 12.5 Å². The van der Waals surface area contributed by atoms with Crippen molar-refractivity contribution < 1.29 is 5.11 Å². The number of phenolic OH excluding ortho intramolecular Hbond substituents is 1. The van der Waals surface area contributed by atoms with Gasteiger partial charge in [-0.25, -0.2) is 9.97 Å². The molecule has 4 aromatic rings. The van der Waals surface area contributed by atoms with Crippen LogP contribution in [0.3, 0.4) is 0 Å². The van der Waals surface area contributed by atoms with Crippen LogP contribution < -0.4 is 5.32 Å². The molecule has 0 saturated carbocycles. The Morgan fingerprint density at radius 2 is 2.08 bits per heavy atom. The van der Waals surface area contributed by atoms with Gasteiger partial charge < -0.3 is 15.4 Å². The second-order valence-corrected chi connectivity index (χ2v) is 6.14. The van der Waals surface area contributed by atoms with Crippen LogP contribution >= 0.6 is 0 Å². The van der Waals surface area contributed by atoms with E-state index < -0.39 is 0 Å². The average Bonchev–Trinajstić information content (AvgIpc) is 2.98. The summed E-state index contributed by atoms with van der Waals surface area (Å²) in [7, 11) is 0. The number of anilines is 1. The third-order valence-corrected chi connectivity index (χ3v) is 4.37. The highest BCUT2D eigenvalue weighted by Crippen LogP contribution is 2.26. The van der Waals surface area contributed by atoms with Gasteiger partial charge in [-0.1, -0.05) is 0 Å². The van der Waals surface area contributed by atoms with Crippen molar-refractivity contribution in [3.05, 3.63) is 66.2 Å². The van der Waals surface area contributed by atoms with Crippen LogP contribution in [0, 0.1) is 6.92 Å². The largest absolute Gasteiger partial charge is 0.508 e. The van der Waals surface area contributed by atoms with Crippen molar-refractivity contribution in [3.63, 3.8) is 0 Å². The molecule has 0 amide bonds. The minimum Gasteiger partial charge on any atom is -0.508 e. The number of pyridine rings is 1. The van der Waals surface area contributed by atoms with Crippen LogP contribution in [0.1, 0.15) is 11.3 Å². The molecule has 3 N–H and O–H groups in total. The van der Waals surface area contributed by atoms with E-state index in [4.69, 9.17) is 0 Å². The summed E-state index contributed by atoms with van der Waals surface area (Å²) in [4.78, 5) is 16.3. The molecule has 3 heterocycles. The lowest BCUT2D eigenvalue weighted by Crippen LogP contribution is -2.08. The maximum atomic E-state index is 9.75. The topological polar surface area (TPSA) is 86.7 Å². The lowest BCUT2D eigenvalue weighted by Gasteiger charge is -2.07. The van der Waals surface area contributed by atoms with Crippen molar-refractivity contribution in [2.24, 2.45) is 0 Å². The molecular formula is C20H19N5O. The Labute approximate surface area is 151 Å². The Hall–Kier alpha value is -3.41. The Morgan fingerprint density at radius 3 is 2.92 bits per heavy atom. The monoisotopic (exact) mass is 345 g/mol. The molecule has 0 bridgehead atoms. The van der Waals surface area contributed by atoms with Crippen LogP contribution in [0.5, 0.6) is 5.75 Å². The van der Waals surface area contributed by atoms with Gasteiger partial charge in [-0.15, -0.1) is 0 Å². The zero-order valence-electron chi connectivity index (χ0n) is 14.4. The molecule has 0 unspecified atom stereocenters. The van der Waals surface area contributed by atoms with Gasteiger partial charge in [-0.05, 0) is 55.3 Å². The molecular weight excluding hydrogens is 326 g/mol. The lowest BCUT2D eigenvalue weighted by atomic mass is 10.1. The van der Waals surface area contributed by atoms with E-state index in [1.807, 2.05) is 31.2 Å². The van der Waals surface area contributed by atoms with Gasteiger partial charge in [0.2, 0.25) is 5.95 Å². The summed E-state index contributed by atoms with van der Waals surface area (Å²) in [5.41, 5.74) is 5.12. The Morgan fingerprint density at radius 1 is 1.15 bits per heavy atom. The summed E-state index contributed by atoms with van der Waals surface area (Å²) in [5.74, 6) is 0.866. The van der Waals surface area contributed by atoms with Crippen LogP contribution in [-0.4, -0.2) is 31.6 Å². The number of H-pyrrole nitrogens is 1. The molecule has 0 aliphatic rings. The van der Waals surface area contributed by atoms with Gasteiger partial charge in [-0.3, -0.25) is 4.98 Å². The Kier molecular flexibility index (Phi) is 4.23. The summed E-state index contributed by atoms with van der Waals surface area (Å²) in [5, 5.41) is 14.1. The number of hydrogen-bond acceptors (Lipinski definition) is 5. The van der Waals surface area contributed by atoms with Gasteiger partial charge in [0, 0.05) is 47.3 Å². The molecule has 0 aliphatic carbocycles. The molecule has 6 nitrogen and oxygen atoms in total. The van der Waals surface area contributed by atoms with Crippen LogP contribution in [0.15, 0.2) is 55.0 Å². The standard InChI is InChI=1S/C20H19N5O/c1-13-16(17-11-15(26)4-5-19(17)24-13)6-9-22-20-23-10-7-18(25-20)14-3-2-8-21-12-14/h2-5,7-8,10-12,24,26H,6,9H2,1H3,(H,22,23,25). The van der Waals surface area contributed by atoms with Crippen LogP contribution in [0.2, 0.25) is 0 Å². The van der Waals surface area contributed by atoms with E-state index in [9.17, 15) is 5.11 Å². The maximum Gasteiger partial charge on any atom is 0.223 e. The van der Waals surface area contributed by atoms with Gasteiger partial charge >= 0.3 is 0 Å². The van der Waals surface area contributed by atoms with Crippen molar-refractivity contribution >= 4 is 16.9 Å². The van der Waals surface area contributed by atoms with Crippen molar-refractivity contribution in [3.8, 4) is 17.0 Å². The third kappa shape index (κ3) is 3.21. The van der Waals surface area contributed by atoms with Crippen molar-refractivity contribution in [1.82, 2.24) is 19.9 Å². The Bertz CT molecular complexity index is 1040. The molecule has 0 aliphatic heterocycles. The highest BCUT2D eigenvalue weighted by molar-refractivity contribution is 5.86. The number of nitrogens with one attached hydrogen (secondary N) is 2. The van der Waals surface area contributed by atoms with Crippen LogP contribution in [0.25, 0.3) is 22.2 Å². The van der Waals surface area contributed by atoms with Crippen LogP contribution in [0.4, 0.5) is 5.95 Å². The quantitative estimate of drug-likeness (QED) is 0.513. The number of rotatable bonds is 5. The minimum absolute atomic E-state index is 0.276. The molecule has 4 rings (SSSR count). The first kappa shape index (κ1) is 16.1. The van der Waals surface area contributed by atoms with Crippen LogP contribution in [-0.2, 0) is 6.42 Å². The summed E-state index contributed by atoms with van der Waals surface area (Å²) in [6, 6.07) is 11.1. The SMILES string of the molecule is Cc1[nH]c2ccc(O)cc2c1CCNc1nccc(-c2cccnc2)n1. The normalized spacial score (nSPS) is 11.0. The summed E-state index contributed by atoms with van der Waals surface area (Å²) in [6.45, 7) is 2.74. The van der Waals surface area contributed by atoms with Gasteiger partial charge in [0.05, 0.1) is 5.69 Å². The zero-order chi connectivity index (χ0) is 17.9. The van der Waals surface area contributed by atoms with E-state index in [1.54, 1.807) is 30.7 Å². The number of fused-ring (bicyclic) bond motifs is 1. The third-order valence-electron chi connectivity index (χ3n) is 4.37. The number of hydrogen-bond donors (Lipinski definition) is 3. The molecule has 0 radical (unpaired) electrons. The van der Waals surface area contributed by atoms with E-state index in [-0.39, 0.29) is 5.75 Å². The fourth-order valence-corrected chi connectivity index (χ4v) is 3.11. The number of aromatic amines is 1. The number of nitrogens with zero attached hydrogens (tertiary/aromatic N) is 3. The Balaban J connectivity index is 1.49. The molecule has 0 fully saturated rings. The van der Waals surface area contributed by atoms with Crippen molar-refractivity contribution in [2.75, 3.05) is 11.9 Å². The summed E-state index contributed by atoms with van der Waals surface area (Å²) >= 11 is 0. The molecule has 0 spiro atoms. The zero-order valence-corrected chi connectivity index (χ0v) is 14.4. The lowest BCUT2D eigenvalue weighted by molar-refractivity contribution is 0.476. The minimum atomic E-state index is 0.276. The van der Waals surface area contributed by atoms with Gasteiger partial charge in [0.15, 0.2) is 0 Å². The smallest absolute Gasteiger partial charge is 0.223 e. The fraction of sp³-hybridized carbons (Fsp3) is 0.150. The predicted octanol–water partition coefficient (Wildman–Crippen LogP) is 3.69. The molecule has 6 heteroatoms. The fourth-order valence-electron chi connectivity index (χ4n) is 3.11. The molecule has 3 aromatic heterocycles. The number of aryl methyl sites for hydroxylation is 1. The number of aromatic hydroxyl groups is 1. The number of benzene rings is 1. The number of phenols is 1. The second kappa shape index (κ2) is 6.84. The van der Waals surface area contributed by atoms with Crippen molar-refractivity contribution in [1.29, 1.82) is 0 Å². The van der Waals surface area contributed by atoms with Gasteiger partial charge in [0.25, 0.3) is 0 Å². The highest BCUT2D eigenvalue weighted by Gasteiger charge is 2.09. The second-order valence-electron chi connectivity index (χ2n) is 6.14.